The molecule has 0 fully saturated rings. The largest absolute Gasteiger partial charge is 0.490 e. The van der Waals surface area contributed by atoms with E-state index in [1.807, 2.05) is 0 Å². The average molecular weight is 332 g/mol. The fraction of sp³-hybridized carbons (Fsp3) is 0.750. The summed E-state index contributed by atoms with van der Waals surface area (Å²) in [5.74, 6) is 1.01. The van der Waals surface area contributed by atoms with Crippen molar-refractivity contribution >= 4 is 11.3 Å². The van der Waals surface area contributed by atoms with Crippen LogP contribution in [0.25, 0.3) is 0 Å². The van der Waals surface area contributed by atoms with Gasteiger partial charge in [0.2, 0.25) is 0 Å². The molecule has 0 aliphatic carbocycles. The molecule has 0 unspecified atom stereocenters. The summed E-state index contributed by atoms with van der Waals surface area (Å²) in [5, 5.41) is 0. The maximum atomic E-state index is 5.78. The molecule has 0 aliphatic heterocycles. The van der Waals surface area contributed by atoms with E-state index in [1.165, 1.54) is 15.3 Å². The standard InChI is InChI=1S/C16H28O5S/c1-13-14(2)22-15(3)16(13)21-12-11-20-10-9-19-8-7-18-6-5-17-4/h5-12H2,1-4H3. The molecule has 22 heavy (non-hydrogen) atoms. The number of rotatable bonds is 13. The number of aryl methyl sites for hydroxylation is 2. The second-order valence-corrected chi connectivity index (χ2v) is 6.28. The number of methoxy groups -OCH3 is 1. The Morgan fingerprint density at radius 3 is 1.64 bits per heavy atom. The van der Waals surface area contributed by atoms with Crippen molar-refractivity contribution in [2.75, 3.05) is 60.0 Å². The average Bonchev–Trinajstić information content (AvgIpc) is 2.74. The minimum atomic E-state index is 0.567. The highest BCUT2D eigenvalue weighted by Crippen LogP contribution is 2.33. The van der Waals surface area contributed by atoms with Gasteiger partial charge in [-0.1, -0.05) is 0 Å². The Morgan fingerprint density at radius 2 is 1.18 bits per heavy atom. The quantitative estimate of drug-likeness (QED) is 0.520. The number of thiophene rings is 1. The van der Waals surface area contributed by atoms with Gasteiger partial charge < -0.3 is 23.7 Å². The van der Waals surface area contributed by atoms with Gasteiger partial charge in [0.15, 0.2) is 0 Å². The summed E-state index contributed by atoms with van der Waals surface area (Å²) < 4.78 is 26.8. The fourth-order valence-electron chi connectivity index (χ4n) is 1.87. The van der Waals surface area contributed by atoms with Crippen molar-refractivity contribution in [1.82, 2.24) is 0 Å². The summed E-state index contributed by atoms with van der Waals surface area (Å²) in [4.78, 5) is 2.54. The van der Waals surface area contributed by atoms with Crippen LogP contribution >= 0.6 is 11.3 Å². The molecule has 0 aliphatic rings. The summed E-state index contributed by atoms with van der Waals surface area (Å²) in [6.07, 6.45) is 0. The van der Waals surface area contributed by atoms with Crippen LogP contribution in [0.15, 0.2) is 0 Å². The van der Waals surface area contributed by atoms with Gasteiger partial charge >= 0.3 is 0 Å². The van der Waals surface area contributed by atoms with Crippen molar-refractivity contribution in [1.29, 1.82) is 0 Å². The van der Waals surface area contributed by atoms with Crippen LogP contribution in [0, 0.1) is 20.8 Å². The van der Waals surface area contributed by atoms with Crippen molar-refractivity contribution in [2.24, 2.45) is 0 Å². The van der Waals surface area contributed by atoms with Crippen LogP contribution in [0.1, 0.15) is 15.3 Å². The summed E-state index contributed by atoms with van der Waals surface area (Å²) in [6.45, 7) is 11.0. The van der Waals surface area contributed by atoms with Gasteiger partial charge in [-0.15, -0.1) is 11.3 Å². The first-order chi connectivity index (χ1) is 10.7. The topological polar surface area (TPSA) is 46.2 Å². The maximum Gasteiger partial charge on any atom is 0.136 e. The Balaban J connectivity index is 1.92. The van der Waals surface area contributed by atoms with Crippen LogP contribution in [-0.4, -0.2) is 60.0 Å². The van der Waals surface area contributed by atoms with E-state index in [0.29, 0.717) is 52.9 Å². The monoisotopic (exact) mass is 332 g/mol. The highest BCUT2D eigenvalue weighted by molar-refractivity contribution is 7.12. The minimum absolute atomic E-state index is 0.567. The van der Waals surface area contributed by atoms with Gasteiger partial charge in [0, 0.05) is 22.4 Å². The third-order valence-corrected chi connectivity index (χ3v) is 4.25. The number of hydrogen-bond donors (Lipinski definition) is 0. The minimum Gasteiger partial charge on any atom is -0.490 e. The van der Waals surface area contributed by atoms with E-state index in [1.54, 1.807) is 18.4 Å². The maximum absolute atomic E-state index is 5.78. The zero-order chi connectivity index (χ0) is 16.2. The van der Waals surface area contributed by atoms with E-state index in [0.717, 1.165) is 5.75 Å². The second kappa shape index (κ2) is 11.8. The summed E-state index contributed by atoms with van der Waals surface area (Å²) in [5.41, 5.74) is 1.24. The Labute approximate surface area is 137 Å². The normalized spacial score (nSPS) is 11.1. The molecule has 0 bridgehead atoms. The fourth-order valence-corrected chi connectivity index (χ4v) is 2.88. The highest BCUT2D eigenvalue weighted by atomic mass is 32.1. The lowest BCUT2D eigenvalue weighted by Gasteiger charge is -2.09. The molecule has 0 N–H and O–H groups in total. The van der Waals surface area contributed by atoms with Gasteiger partial charge in [-0.2, -0.15) is 0 Å². The Kier molecular flexibility index (Phi) is 10.4. The third kappa shape index (κ3) is 7.56. The van der Waals surface area contributed by atoms with Gasteiger partial charge in [-0.25, -0.2) is 0 Å². The molecule has 0 spiro atoms. The van der Waals surface area contributed by atoms with E-state index in [9.17, 15) is 0 Å². The lowest BCUT2D eigenvalue weighted by atomic mass is 10.2. The van der Waals surface area contributed by atoms with E-state index in [-0.39, 0.29) is 0 Å². The molecule has 0 aromatic carbocycles. The molecule has 1 aromatic heterocycles. The summed E-state index contributed by atoms with van der Waals surface area (Å²) in [7, 11) is 1.66. The van der Waals surface area contributed by atoms with Crippen LogP contribution in [0.3, 0.4) is 0 Å². The lowest BCUT2D eigenvalue weighted by molar-refractivity contribution is 0.000136. The van der Waals surface area contributed by atoms with Gasteiger partial charge in [0.05, 0.1) is 46.2 Å². The Hall–Kier alpha value is -0.660. The molecule has 0 saturated heterocycles. The van der Waals surface area contributed by atoms with Crippen LogP contribution in [-0.2, 0) is 18.9 Å². The Bertz CT molecular complexity index is 405. The molecule has 0 atom stereocenters. The molecule has 1 rings (SSSR count). The van der Waals surface area contributed by atoms with Crippen LogP contribution in [0.2, 0.25) is 0 Å². The molecule has 0 saturated carbocycles. The summed E-state index contributed by atoms with van der Waals surface area (Å²) >= 11 is 1.77. The smallest absolute Gasteiger partial charge is 0.136 e. The summed E-state index contributed by atoms with van der Waals surface area (Å²) in [6, 6.07) is 0. The number of ether oxygens (including phenoxy) is 5. The van der Waals surface area contributed by atoms with Crippen molar-refractivity contribution in [3.05, 3.63) is 15.3 Å². The molecular weight excluding hydrogens is 304 g/mol. The van der Waals surface area contributed by atoms with Gasteiger partial charge in [0.25, 0.3) is 0 Å². The molecule has 5 nitrogen and oxygen atoms in total. The van der Waals surface area contributed by atoms with Crippen molar-refractivity contribution in [2.45, 2.75) is 20.8 Å². The van der Waals surface area contributed by atoms with Crippen LogP contribution < -0.4 is 4.74 Å². The van der Waals surface area contributed by atoms with Crippen molar-refractivity contribution < 1.29 is 23.7 Å². The first kappa shape index (κ1) is 19.4. The molecule has 1 aromatic rings. The van der Waals surface area contributed by atoms with E-state index in [4.69, 9.17) is 23.7 Å². The van der Waals surface area contributed by atoms with Crippen LogP contribution in [0.5, 0.6) is 5.75 Å². The predicted octanol–water partition coefficient (Wildman–Crippen LogP) is 2.75. The predicted molar refractivity (Wildman–Crippen MR) is 88.4 cm³/mol. The molecule has 0 amide bonds. The lowest BCUT2D eigenvalue weighted by Crippen LogP contribution is -2.13. The van der Waals surface area contributed by atoms with Crippen molar-refractivity contribution in [3.63, 3.8) is 0 Å². The molecule has 1 heterocycles. The second-order valence-electron chi connectivity index (χ2n) is 4.85. The molecule has 128 valence electrons. The zero-order valence-electron chi connectivity index (χ0n) is 14.1. The van der Waals surface area contributed by atoms with Crippen molar-refractivity contribution in [3.8, 4) is 5.75 Å². The first-order valence-electron chi connectivity index (χ1n) is 7.58. The number of hydrogen-bond acceptors (Lipinski definition) is 6. The highest BCUT2D eigenvalue weighted by Gasteiger charge is 2.09. The van der Waals surface area contributed by atoms with Gasteiger partial charge in [0.1, 0.15) is 12.4 Å². The zero-order valence-corrected chi connectivity index (χ0v) is 14.9. The molecule has 6 heteroatoms. The first-order valence-corrected chi connectivity index (χ1v) is 8.40. The van der Waals surface area contributed by atoms with Gasteiger partial charge in [-0.05, 0) is 20.8 Å². The Morgan fingerprint density at radius 1 is 0.682 bits per heavy atom. The van der Waals surface area contributed by atoms with E-state index >= 15 is 0 Å². The van der Waals surface area contributed by atoms with Gasteiger partial charge in [-0.3, -0.25) is 0 Å². The third-order valence-electron chi connectivity index (χ3n) is 3.14. The van der Waals surface area contributed by atoms with Crippen LogP contribution in [0.4, 0.5) is 0 Å². The van der Waals surface area contributed by atoms with E-state index < -0.39 is 0 Å². The van der Waals surface area contributed by atoms with E-state index in [2.05, 4.69) is 20.8 Å². The SMILES string of the molecule is COCCOCCOCCOCCOc1c(C)sc(C)c1C. The molecular formula is C16H28O5S. The molecule has 0 radical (unpaired) electrons.